The van der Waals surface area contributed by atoms with Gasteiger partial charge in [-0.3, -0.25) is 0 Å². The van der Waals surface area contributed by atoms with Gasteiger partial charge in [0.15, 0.2) is 0 Å². The summed E-state index contributed by atoms with van der Waals surface area (Å²) in [6.07, 6.45) is 2.34. The van der Waals surface area contributed by atoms with Gasteiger partial charge in [0, 0.05) is 26.3 Å². The van der Waals surface area contributed by atoms with Crippen molar-refractivity contribution >= 4 is 11.8 Å². The van der Waals surface area contributed by atoms with Crippen molar-refractivity contribution in [1.82, 2.24) is 9.97 Å². The normalized spacial score (nSPS) is 15.5. The molecule has 2 N–H and O–H groups in total. The van der Waals surface area contributed by atoms with Gasteiger partial charge in [0.05, 0.1) is 6.10 Å². The van der Waals surface area contributed by atoms with Crippen molar-refractivity contribution in [3.63, 3.8) is 0 Å². The summed E-state index contributed by atoms with van der Waals surface area (Å²) in [7, 11) is 1.82. The molecule has 2 heterocycles. The van der Waals surface area contributed by atoms with E-state index in [0.717, 1.165) is 30.9 Å². The third-order valence-electron chi connectivity index (χ3n) is 3.91. The third-order valence-corrected chi connectivity index (χ3v) is 3.91. The Labute approximate surface area is 124 Å². The molecular weight excluding hydrogens is 264 g/mol. The zero-order chi connectivity index (χ0) is 14.8. The molecular formula is C16H20N4O. The highest BCUT2D eigenvalue weighted by molar-refractivity contribution is 5.47. The van der Waals surface area contributed by atoms with Gasteiger partial charge in [0.25, 0.3) is 0 Å². The van der Waals surface area contributed by atoms with Crippen molar-refractivity contribution in [2.45, 2.75) is 26.0 Å². The van der Waals surface area contributed by atoms with Crippen molar-refractivity contribution in [2.75, 3.05) is 23.8 Å². The first kappa shape index (κ1) is 13.8. The SMILES string of the molecule is CNc1nccc(N2CCc3cc([C@H](C)O)ccc3C2)n1. The van der Waals surface area contributed by atoms with E-state index in [0.29, 0.717) is 5.95 Å². The lowest BCUT2D eigenvalue weighted by Crippen LogP contribution is -2.31. The molecule has 0 amide bonds. The van der Waals surface area contributed by atoms with Gasteiger partial charge in [-0.15, -0.1) is 0 Å². The molecule has 0 unspecified atom stereocenters. The smallest absolute Gasteiger partial charge is 0.224 e. The number of benzene rings is 1. The van der Waals surface area contributed by atoms with E-state index in [9.17, 15) is 5.11 Å². The number of nitrogens with zero attached hydrogens (tertiary/aromatic N) is 3. The van der Waals surface area contributed by atoms with Gasteiger partial charge in [-0.05, 0) is 36.1 Å². The fourth-order valence-electron chi connectivity index (χ4n) is 2.67. The zero-order valence-corrected chi connectivity index (χ0v) is 12.4. The van der Waals surface area contributed by atoms with E-state index < -0.39 is 6.10 Å². The molecule has 0 radical (unpaired) electrons. The molecule has 1 atom stereocenters. The molecule has 1 aliphatic rings. The lowest BCUT2D eigenvalue weighted by molar-refractivity contribution is 0.199. The van der Waals surface area contributed by atoms with Crippen LogP contribution in [-0.2, 0) is 13.0 Å². The quantitative estimate of drug-likeness (QED) is 0.904. The maximum absolute atomic E-state index is 9.68. The molecule has 110 valence electrons. The molecule has 3 rings (SSSR count). The summed E-state index contributed by atoms with van der Waals surface area (Å²) in [5.74, 6) is 1.59. The molecule has 0 saturated carbocycles. The standard InChI is InChI=1S/C16H20N4O/c1-11(21)12-3-4-14-10-20(8-6-13(14)9-12)15-5-7-18-16(17-2)19-15/h3-5,7,9,11,21H,6,8,10H2,1-2H3,(H,17,18,19)/t11-/m0/s1. The first-order valence-electron chi connectivity index (χ1n) is 7.23. The monoisotopic (exact) mass is 284 g/mol. The summed E-state index contributed by atoms with van der Waals surface area (Å²) in [4.78, 5) is 10.9. The van der Waals surface area contributed by atoms with Crippen LogP contribution in [0.5, 0.6) is 0 Å². The fourth-order valence-corrected chi connectivity index (χ4v) is 2.67. The summed E-state index contributed by atoms with van der Waals surface area (Å²) in [6, 6.07) is 8.18. The number of nitrogens with one attached hydrogen (secondary N) is 1. The summed E-state index contributed by atoms with van der Waals surface area (Å²) >= 11 is 0. The van der Waals surface area contributed by atoms with Crippen LogP contribution >= 0.6 is 0 Å². The molecule has 1 aliphatic heterocycles. The molecule has 5 nitrogen and oxygen atoms in total. The van der Waals surface area contributed by atoms with Crippen LogP contribution in [0.4, 0.5) is 11.8 Å². The highest BCUT2D eigenvalue weighted by atomic mass is 16.3. The van der Waals surface area contributed by atoms with Crippen LogP contribution in [0.25, 0.3) is 0 Å². The van der Waals surface area contributed by atoms with E-state index in [1.165, 1.54) is 11.1 Å². The first-order valence-corrected chi connectivity index (χ1v) is 7.23. The summed E-state index contributed by atoms with van der Waals surface area (Å²) in [5.41, 5.74) is 3.62. The number of hydrogen-bond donors (Lipinski definition) is 2. The van der Waals surface area contributed by atoms with Gasteiger partial charge >= 0.3 is 0 Å². The predicted molar refractivity (Wildman–Crippen MR) is 83.4 cm³/mol. The average Bonchev–Trinajstić information content (AvgIpc) is 2.53. The highest BCUT2D eigenvalue weighted by Crippen LogP contribution is 2.26. The largest absolute Gasteiger partial charge is 0.389 e. The lowest BCUT2D eigenvalue weighted by atomic mass is 9.96. The van der Waals surface area contributed by atoms with E-state index in [1.54, 1.807) is 13.1 Å². The molecule has 0 bridgehead atoms. The molecule has 0 aliphatic carbocycles. The maximum atomic E-state index is 9.68. The Morgan fingerprint density at radius 1 is 1.29 bits per heavy atom. The van der Waals surface area contributed by atoms with Crippen LogP contribution in [0.1, 0.15) is 29.7 Å². The van der Waals surface area contributed by atoms with Crippen molar-refractivity contribution in [3.8, 4) is 0 Å². The van der Waals surface area contributed by atoms with Gasteiger partial charge in [0.2, 0.25) is 5.95 Å². The van der Waals surface area contributed by atoms with Gasteiger partial charge in [-0.1, -0.05) is 18.2 Å². The molecule has 0 fully saturated rings. The predicted octanol–water partition coefficient (Wildman–Crippen LogP) is 2.13. The summed E-state index contributed by atoms with van der Waals surface area (Å²) < 4.78 is 0. The van der Waals surface area contributed by atoms with E-state index in [1.807, 2.05) is 19.2 Å². The molecule has 21 heavy (non-hydrogen) atoms. The molecule has 2 aromatic rings. The van der Waals surface area contributed by atoms with E-state index in [4.69, 9.17) is 0 Å². The number of rotatable bonds is 3. The number of aliphatic hydroxyl groups excluding tert-OH is 1. The van der Waals surface area contributed by atoms with Crippen molar-refractivity contribution < 1.29 is 5.11 Å². The minimum atomic E-state index is -0.409. The molecule has 0 saturated heterocycles. The fraction of sp³-hybridized carbons (Fsp3) is 0.375. The average molecular weight is 284 g/mol. The van der Waals surface area contributed by atoms with Crippen LogP contribution in [-0.4, -0.2) is 28.7 Å². The molecule has 1 aromatic carbocycles. The minimum Gasteiger partial charge on any atom is -0.389 e. The Morgan fingerprint density at radius 3 is 2.90 bits per heavy atom. The first-order chi connectivity index (χ1) is 10.2. The van der Waals surface area contributed by atoms with Crippen LogP contribution in [0.15, 0.2) is 30.5 Å². The Bertz CT molecular complexity index is 642. The van der Waals surface area contributed by atoms with E-state index in [2.05, 4.69) is 32.3 Å². The summed E-state index contributed by atoms with van der Waals surface area (Å²) in [6.45, 7) is 3.57. The topological polar surface area (TPSA) is 61.3 Å². The minimum absolute atomic E-state index is 0.409. The number of anilines is 2. The van der Waals surface area contributed by atoms with Crippen LogP contribution in [0, 0.1) is 0 Å². The molecule has 0 spiro atoms. The second-order valence-corrected chi connectivity index (χ2v) is 5.36. The van der Waals surface area contributed by atoms with Crippen molar-refractivity contribution in [2.24, 2.45) is 0 Å². The van der Waals surface area contributed by atoms with Crippen molar-refractivity contribution in [3.05, 3.63) is 47.2 Å². The van der Waals surface area contributed by atoms with Crippen LogP contribution in [0.3, 0.4) is 0 Å². The van der Waals surface area contributed by atoms with Gasteiger partial charge in [-0.2, -0.15) is 4.98 Å². The number of aliphatic hydroxyl groups is 1. The van der Waals surface area contributed by atoms with E-state index >= 15 is 0 Å². The van der Waals surface area contributed by atoms with E-state index in [-0.39, 0.29) is 0 Å². The van der Waals surface area contributed by atoms with Gasteiger partial charge < -0.3 is 15.3 Å². The molecule has 5 heteroatoms. The Hall–Kier alpha value is -2.14. The second kappa shape index (κ2) is 5.69. The molecule has 1 aromatic heterocycles. The maximum Gasteiger partial charge on any atom is 0.224 e. The van der Waals surface area contributed by atoms with Gasteiger partial charge in [-0.25, -0.2) is 4.98 Å². The van der Waals surface area contributed by atoms with Gasteiger partial charge in [0.1, 0.15) is 5.82 Å². The second-order valence-electron chi connectivity index (χ2n) is 5.36. The number of fused-ring (bicyclic) bond motifs is 1. The summed E-state index contributed by atoms with van der Waals surface area (Å²) in [5, 5.41) is 12.6. The number of aromatic nitrogens is 2. The number of hydrogen-bond acceptors (Lipinski definition) is 5. The lowest BCUT2D eigenvalue weighted by Gasteiger charge is -2.30. The van der Waals surface area contributed by atoms with Crippen LogP contribution < -0.4 is 10.2 Å². The third kappa shape index (κ3) is 2.83. The highest BCUT2D eigenvalue weighted by Gasteiger charge is 2.18. The Kier molecular flexibility index (Phi) is 3.75. The van der Waals surface area contributed by atoms with Crippen LogP contribution in [0.2, 0.25) is 0 Å². The zero-order valence-electron chi connectivity index (χ0n) is 12.4. The Morgan fingerprint density at radius 2 is 2.14 bits per heavy atom. The Balaban J connectivity index is 1.84. The van der Waals surface area contributed by atoms with Crippen molar-refractivity contribution in [1.29, 1.82) is 0 Å².